The minimum atomic E-state index is -4.81. The number of hydrogen-bond acceptors (Lipinski definition) is 3. The maximum absolute atomic E-state index is 12.7. The van der Waals surface area contributed by atoms with Gasteiger partial charge in [0.1, 0.15) is 0 Å². The van der Waals surface area contributed by atoms with Gasteiger partial charge in [-0.1, -0.05) is 19.3 Å². The molecule has 2 aliphatic carbocycles. The van der Waals surface area contributed by atoms with Crippen LogP contribution in [0.15, 0.2) is 10.5 Å². The summed E-state index contributed by atoms with van der Waals surface area (Å²) >= 11 is 1.08. The summed E-state index contributed by atoms with van der Waals surface area (Å²) < 4.78 is 38.1. The smallest absolute Gasteiger partial charge is 0.284 e. The number of carbonyl (C=O) groups excluding carboxylic acids is 1. The molecule has 6 heteroatoms. The number of thioether (sulfide) groups is 1. The van der Waals surface area contributed by atoms with Gasteiger partial charge in [0.25, 0.3) is 5.78 Å². The molecule has 1 saturated carbocycles. The lowest BCUT2D eigenvalue weighted by Gasteiger charge is -2.47. The summed E-state index contributed by atoms with van der Waals surface area (Å²) in [6, 6.07) is 1.89. The summed E-state index contributed by atoms with van der Waals surface area (Å²) in [5.74, 6) is -1.60. The highest BCUT2D eigenvalue weighted by Crippen LogP contribution is 2.59. The van der Waals surface area contributed by atoms with Gasteiger partial charge in [-0.05, 0) is 24.2 Å². The fourth-order valence-electron chi connectivity index (χ4n) is 3.08. The molecule has 0 unspecified atom stereocenters. The van der Waals surface area contributed by atoms with Gasteiger partial charge in [0.2, 0.25) is 0 Å². The second-order valence-electron chi connectivity index (χ2n) is 5.09. The van der Waals surface area contributed by atoms with E-state index in [2.05, 4.69) is 0 Å². The third-order valence-electron chi connectivity index (χ3n) is 3.91. The van der Waals surface area contributed by atoms with E-state index >= 15 is 0 Å². The van der Waals surface area contributed by atoms with Crippen molar-refractivity contribution in [3.63, 3.8) is 0 Å². The van der Waals surface area contributed by atoms with Gasteiger partial charge < -0.3 is 0 Å². The van der Waals surface area contributed by atoms with Crippen molar-refractivity contribution >= 4 is 17.5 Å². The molecule has 2 nitrogen and oxygen atoms in total. The predicted octanol–water partition coefficient (Wildman–Crippen LogP) is 3.98. The zero-order chi connectivity index (χ0) is 14.1. The summed E-state index contributed by atoms with van der Waals surface area (Å²) in [7, 11) is 0. The van der Waals surface area contributed by atoms with Crippen molar-refractivity contribution in [2.24, 2.45) is 5.41 Å². The van der Waals surface area contributed by atoms with Crippen molar-refractivity contribution in [3.8, 4) is 6.07 Å². The van der Waals surface area contributed by atoms with E-state index in [1.807, 2.05) is 6.07 Å². The van der Waals surface area contributed by atoms with E-state index < -0.39 is 17.4 Å². The molecular weight excluding hydrogens is 275 g/mol. The Balaban J connectivity index is 2.28. The molecule has 2 rings (SSSR count). The first-order chi connectivity index (χ1) is 8.91. The molecule has 19 heavy (non-hydrogen) atoms. The lowest BCUT2D eigenvalue weighted by molar-refractivity contribution is -0.168. The average Bonchev–Trinajstić information content (AvgIpc) is 2.34. The molecule has 0 N–H and O–H groups in total. The molecule has 0 aromatic carbocycles. The molecular formula is C13H14F3NOS. The predicted molar refractivity (Wildman–Crippen MR) is 66.3 cm³/mol. The van der Waals surface area contributed by atoms with E-state index in [1.54, 1.807) is 0 Å². The Kier molecular flexibility index (Phi) is 3.95. The molecule has 2 aliphatic rings. The van der Waals surface area contributed by atoms with E-state index in [1.165, 1.54) is 0 Å². The Hall–Kier alpha value is -0.960. The van der Waals surface area contributed by atoms with Crippen LogP contribution in [0, 0.1) is 16.7 Å². The summed E-state index contributed by atoms with van der Waals surface area (Å²) in [5, 5.41) is 8.52. The zero-order valence-corrected chi connectivity index (χ0v) is 11.2. The minimum Gasteiger partial charge on any atom is -0.284 e. The third-order valence-corrected chi connectivity index (χ3v) is 4.88. The standard InChI is InChI=1S/C13H14F3NOS/c14-13(15,16)11(18)10-9(19-7-6-17)8-12(10)4-2-1-3-5-12/h1-5,7-8H2. The second-order valence-corrected chi connectivity index (χ2v) is 6.16. The number of nitriles is 1. The molecule has 104 valence electrons. The second kappa shape index (κ2) is 5.20. The van der Waals surface area contributed by atoms with E-state index in [0.29, 0.717) is 24.2 Å². The maximum Gasteiger partial charge on any atom is 0.454 e. The topological polar surface area (TPSA) is 40.9 Å². The number of alkyl halides is 3. The normalized spacial score (nSPS) is 22.0. The van der Waals surface area contributed by atoms with Gasteiger partial charge in [-0.3, -0.25) is 4.79 Å². The Bertz CT molecular complexity index is 455. The molecule has 1 fully saturated rings. The molecule has 0 aromatic heterocycles. The summed E-state index contributed by atoms with van der Waals surface area (Å²) in [4.78, 5) is 12.1. The lowest BCUT2D eigenvalue weighted by Crippen LogP contribution is -2.43. The number of allylic oxidation sites excluding steroid dienone is 2. The first kappa shape index (κ1) is 14.4. The zero-order valence-electron chi connectivity index (χ0n) is 10.3. The van der Waals surface area contributed by atoms with Crippen LogP contribution in [0.25, 0.3) is 0 Å². The first-order valence-corrected chi connectivity index (χ1v) is 7.24. The fourth-order valence-corrected chi connectivity index (χ4v) is 4.15. The van der Waals surface area contributed by atoms with Crippen LogP contribution in [0.2, 0.25) is 0 Å². The van der Waals surface area contributed by atoms with E-state index in [0.717, 1.165) is 31.0 Å². The van der Waals surface area contributed by atoms with Gasteiger partial charge in [0.15, 0.2) is 0 Å². The van der Waals surface area contributed by atoms with Gasteiger partial charge in [0, 0.05) is 11.0 Å². The molecule has 0 heterocycles. The summed E-state index contributed by atoms with van der Waals surface area (Å²) in [6.45, 7) is 0. The number of halogens is 3. The van der Waals surface area contributed by atoms with E-state index in [4.69, 9.17) is 5.26 Å². The van der Waals surface area contributed by atoms with Crippen LogP contribution in [0.4, 0.5) is 13.2 Å². The van der Waals surface area contributed by atoms with Crippen LogP contribution in [0.3, 0.4) is 0 Å². The van der Waals surface area contributed by atoms with Gasteiger partial charge >= 0.3 is 6.18 Å². The molecule has 0 atom stereocenters. The molecule has 0 saturated heterocycles. The summed E-state index contributed by atoms with van der Waals surface area (Å²) in [6.07, 6.45) is -0.151. The van der Waals surface area contributed by atoms with Gasteiger partial charge in [0.05, 0.1) is 11.8 Å². The maximum atomic E-state index is 12.7. The number of carbonyl (C=O) groups is 1. The number of ketones is 1. The Morgan fingerprint density at radius 2 is 1.95 bits per heavy atom. The van der Waals surface area contributed by atoms with Crippen LogP contribution in [0.1, 0.15) is 38.5 Å². The van der Waals surface area contributed by atoms with Crippen LogP contribution in [-0.2, 0) is 4.79 Å². The number of hydrogen-bond donors (Lipinski definition) is 0. The number of rotatable bonds is 3. The Morgan fingerprint density at radius 1 is 1.32 bits per heavy atom. The largest absolute Gasteiger partial charge is 0.454 e. The Labute approximate surface area is 114 Å². The fraction of sp³-hybridized carbons (Fsp3) is 0.692. The van der Waals surface area contributed by atoms with Crippen molar-refractivity contribution in [2.75, 3.05) is 5.75 Å². The van der Waals surface area contributed by atoms with Gasteiger partial charge in [-0.2, -0.15) is 18.4 Å². The van der Waals surface area contributed by atoms with Crippen LogP contribution in [0.5, 0.6) is 0 Å². The minimum absolute atomic E-state index is 0.0417. The molecule has 0 bridgehead atoms. The lowest BCUT2D eigenvalue weighted by atomic mass is 9.59. The summed E-state index contributed by atoms with van der Waals surface area (Å²) in [5.41, 5.74) is -0.595. The van der Waals surface area contributed by atoms with E-state index in [-0.39, 0.29) is 11.3 Å². The highest BCUT2D eigenvalue weighted by atomic mass is 32.2. The Morgan fingerprint density at radius 3 is 2.47 bits per heavy atom. The van der Waals surface area contributed by atoms with Crippen LogP contribution in [-0.4, -0.2) is 17.7 Å². The molecule has 1 spiro atoms. The molecule has 0 aromatic rings. The number of nitrogens with zero attached hydrogens (tertiary/aromatic N) is 1. The third kappa shape index (κ3) is 2.66. The highest BCUT2D eigenvalue weighted by molar-refractivity contribution is 8.03. The number of Topliss-reactive ketones (excluding diaryl/α,β-unsaturated/α-hetero) is 1. The average molecular weight is 289 g/mol. The van der Waals surface area contributed by atoms with Crippen LogP contribution < -0.4 is 0 Å². The highest BCUT2D eigenvalue weighted by Gasteiger charge is 2.55. The van der Waals surface area contributed by atoms with Crippen molar-refractivity contribution in [2.45, 2.75) is 44.7 Å². The van der Waals surface area contributed by atoms with Gasteiger partial charge in [-0.15, -0.1) is 11.8 Å². The SMILES string of the molecule is N#CCSC1=C(C(=O)C(F)(F)F)C2(CCCCC2)C1. The van der Waals surface area contributed by atoms with Crippen molar-refractivity contribution in [1.82, 2.24) is 0 Å². The molecule has 0 aliphatic heterocycles. The molecule has 0 radical (unpaired) electrons. The molecule has 0 amide bonds. The monoisotopic (exact) mass is 289 g/mol. The van der Waals surface area contributed by atoms with Crippen molar-refractivity contribution in [1.29, 1.82) is 5.26 Å². The first-order valence-electron chi connectivity index (χ1n) is 6.26. The van der Waals surface area contributed by atoms with Crippen molar-refractivity contribution in [3.05, 3.63) is 10.5 Å². The quantitative estimate of drug-likeness (QED) is 0.789. The van der Waals surface area contributed by atoms with Crippen molar-refractivity contribution < 1.29 is 18.0 Å². The van der Waals surface area contributed by atoms with Gasteiger partial charge in [-0.25, -0.2) is 0 Å². The van der Waals surface area contributed by atoms with E-state index in [9.17, 15) is 18.0 Å². The van der Waals surface area contributed by atoms with Crippen LogP contribution >= 0.6 is 11.8 Å².